The van der Waals surface area contributed by atoms with Gasteiger partial charge in [0, 0.05) is 13.6 Å². The molecule has 0 amide bonds. The molecule has 0 aromatic carbocycles. The first-order valence-electron chi connectivity index (χ1n) is 4.64. The Labute approximate surface area is 94.5 Å². The van der Waals surface area contributed by atoms with Gasteiger partial charge >= 0.3 is 0 Å². The minimum absolute atomic E-state index is 0.447. The molecule has 0 aliphatic heterocycles. The highest BCUT2D eigenvalue weighted by atomic mass is 32.1. The molecule has 0 unspecified atom stereocenters. The van der Waals surface area contributed by atoms with Crippen molar-refractivity contribution in [2.75, 3.05) is 13.6 Å². The van der Waals surface area contributed by atoms with Crippen LogP contribution in [0.2, 0.25) is 0 Å². The Hall–Kier alpha value is -1.54. The molecule has 4 nitrogen and oxygen atoms in total. The average molecular weight is 223 g/mol. The quantitative estimate of drug-likeness (QED) is 0.784. The summed E-state index contributed by atoms with van der Waals surface area (Å²) >= 11 is 5.13. The lowest BCUT2D eigenvalue weighted by Gasteiger charge is -2.22. The molecule has 0 saturated heterocycles. The molecule has 5 heteroatoms. The second-order valence-corrected chi connectivity index (χ2v) is 3.35. The van der Waals surface area contributed by atoms with Gasteiger partial charge in [0.05, 0.1) is 25.3 Å². The van der Waals surface area contributed by atoms with E-state index >= 15 is 0 Å². The standard InChI is InChI=1S/C10H13N3OS/c1-12-10(15)13(6-3-5-11)8-9-4-2-7-14-9/h2,4,7H,3,6,8H2,1H3,(H,12,15). The van der Waals surface area contributed by atoms with Gasteiger partial charge in [0.1, 0.15) is 5.76 Å². The maximum atomic E-state index is 8.53. The van der Waals surface area contributed by atoms with Crippen LogP contribution in [0, 0.1) is 11.3 Å². The molecule has 0 spiro atoms. The van der Waals surface area contributed by atoms with Gasteiger partial charge in [0.2, 0.25) is 0 Å². The third-order valence-corrected chi connectivity index (χ3v) is 2.38. The first-order valence-corrected chi connectivity index (χ1v) is 5.04. The zero-order chi connectivity index (χ0) is 11.1. The molecule has 0 atom stereocenters. The Morgan fingerprint density at radius 1 is 1.73 bits per heavy atom. The summed E-state index contributed by atoms with van der Waals surface area (Å²) in [5, 5.41) is 12.1. The first kappa shape index (κ1) is 11.5. The smallest absolute Gasteiger partial charge is 0.169 e. The summed E-state index contributed by atoms with van der Waals surface area (Å²) in [6.07, 6.45) is 2.07. The number of thiocarbonyl (C=S) groups is 1. The minimum Gasteiger partial charge on any atom is -0.467 e. The van der Waals surface area contributed by atoms with Gasteiger partial charge in [-0.2, -0.15) is 5.26 Å². The SMILES string of the molecule is CNC(=S)N(CCC#N)Cc1ccco1. The molecule has 0 saturated carbocycles. The summed E-state index contributed by atoms with van der Waals surface area (Å²) < 4.78 is 5.23. The monoisotopic (exact) mass is 223 g/mol. The molecule has 0 radical (unpaired) electrons. The molecular weight excluding hydrogens is 210 g/mol. The second kappa shape index (κ2) is 6.04. The van der Waals surface area contributed by atoms with Crippen molar-refractivity contribution in [3.8, 4) is 6.07 Å². The van der Waals surface area contributed by atoms with Crippen LogP contribution in [0.3, 0.4) is 0 Å². The summed E-state index contributed by atoms with van der Waals surface area (Å²) in [6.45, 7) is 1.20. The lowest BCUT2D eigenvalue weighted by atomic mass is 10.3. The van der Waals surface area contributed by atoms with Gasteiger partial charge in [-0.3, -0.25) is 0 Å². The third-order valence-electron chi connectivity index (χ3n) is 1.92. The first-order chi connectivity index (χ1) is 7.27. The van der Waals surface area contributed by atoms with Crippen LogP contribution in [0.4, 0.5) is 0 Å². The van der Waals surface area contributed by atoms with Crippen molar-refractivity contribution in [3.05, 3.63) is 24.2 Å². The van der Waals surface area contributed by atoms with Gasteiger partial charge in [0.15, 0.2) is 5.11 Å². The number of hydrogen-bond donors (Lipinski definition) is 1. The maximum absolute atomic E-state index is 8.53. The fraction of sp³-hybridized carbons (Fsp3) is 0.400. The van der Waals surface area contributed by atoms with E-state index < -0.39 is 0 Å². The minimum atomic E-state index is 0.447. The van der Waals surface area contributed by atoms with Gasteiger partial charge in [-0.15, -0.1) is 0 Å². The van der Waals surface area contributed by atoms with Crippen LogP contribution >= 0.6 is 12.2 Å². The van der Waals surface area contributed by atoms with E-state index in [9.17, 15) is 0 Å². The van der Waals surface area contributed by atoms with E-state index in [1.807, 2.05) is 17.0 Å². The van der Waals surface area contributed by atoms with Gasteiger partial charge in [0.25, 0.3) is 0 Å². The predicted octanol–water partition coefficient (Wildman–Crippen LogP) is 1.50. The lowest BCUT2D eigenvalue weighted by Crippen LogP contribution is -2.37. The van der Waals surface area contributed by atoms with E-state index in [2.05, 4.69) is 11.4 Å². The predicted molar refractivity (Wildman–Crippen MR) is 61.0 cm³/mol. The van der Waals surface area contributed by atoms with Crippen molar-refractivity contribution in [2.45, 2.75) is 13.0 Å². The van der Waals surface area contributed by atoms with E-state index in [0.29, 0.717) is 24.6 Å². The van der Waals surface area contributed by atoms with Crippen molar-refractivity contribution < 1.29 is 4.42 Å². The molecule has 1 aromatic rings. The van der Waals surface area contributed by atoms with E-state index in [4.69, 9.17) is 21.9 Å². The Balaban J connectivity index is 2.57. The molecule has 1 aromatic heterocycles. The van der Waals surface area contributed by atoms with E-state index in [1.54, 1.807) is 13.3 Å². The van der Waals surface area contributed by atoms with Crippen LogP contribution in [0.25, 0.3) is 0 Å². The Morgan fingerprint density at radius 3 is 3.07 bits per heavy atom. The van der Waals surface area contributed by atoms with Gasteiger partial charge in [-0.05, 0) is 24.4 Å². The second-order valence-electron chi connectivity index (χ2n) is 2.96. The molecule has 0 aliphatic rings. The van der Waals surface area contributed by atoms with Crippen molar-refractivity contribution in [1.29, 1.82) is 5.26 Å². The highest BCUT2D eigenvalue weighted by Gasteiger charge is 2.09. The van der Waals surface area contributed by atoms with Gasteiger partial charge < -0.3 is 14.6 Å². The van der Waals surface area contributed by atoms with E-state index in [1.165, 1.54) is 0 Å². The summed E-state index contributed by atoms with van der Waals surface area (Å²) in [4.78, 5) is 1.90. The van der Waals surface area contributed by atoms with E-state index in [0.717, 1.165) is 5.76 Å². The zero-order valence-corrected chi connectivity index (χ0v) is 9.38. The maximum Gasteiger partial charge on any atom is 0.169 e. The number of nitrogens with zero attached hydrogens (tertiary/aromatic N) is 2. The summed E-state index contributed by atoms with van der Waals surface area (Å²) in [6, 6.07) is 5.82. The molecule has 15 heavy (non-hydrogen) atoms. The van der Waals surface area contributed by atoms with Crippen LogP contribution in [0.5, 0.6) is 0 Å². The number of nitriles is 1. The highest BCUT2D eigenvalue weighted by Crippen LogP contribution is 2.06. The largest absolute Gasteiger partial charge is 0.467 e. The number of rotatable bonds is 4. The van der Waals surface area contributed by atoms with Crippen LogP contribution in [-0.4, -0.2) is 23.6 Å². The molecule has 0 aliphatic carbocycles. The Morgan fingerprint density at radius 2 is 2.53 bits per heavy atom. The van der Waals surface area contributed by atoms with Gasteiger partial charge in [-0.25, -0.2) is 0 Å². The fourth-order valence-electron chi connectivity index (χ4n) is 1.19. The molecule has 0 bridgehead atoms. The van der Waals surface area contributed by atoms with Crippen LogP contribution in [-0.2, 0) is 6.54 Å². The van der Waals surface area contributed by atoms with Crippen molar-refractivity contribution >= 4 is 17.3 Å². The molecule has 1 rings (SSSR count). The van der Waals surface area contributed by atoms with Crippen LogP contribution in [0.15, 0.2) is 22.8 Å². The van der Waals surface area contributed by atoms with Crippen molar-refractivity contribution in [1.82, 2.24) is 10.2 Å². The summed E-state index contributed by atoms with van der Waals surface area (Å²) in [7, 11) is 1.77. The number of nitrogens with one attached hydrogen (secondary N) is 1. The van der Waals surface area contributed by atoms with E-state index in [-0.39, 0.29) is 0 Å². The fourth-order valence-corrected chi connectivity index (χ4v) is 1.34. The lowest BCUT2D eigenvalue weighted by molar-refractivity contribution is 0.364. The van der Waals surface area contributed by atoms with Gasteiger partial charge in [-0.1, -0.05) is 0 Å². The average Bonchev–Trinajstić information content (AvgIpc) is 2.75. The summed E-state index contributed by atoms with van der Waals surface area (Å²) in [5.74, 6) is 0.838. The Kier molecular flexibility index (Phi) is 4.64. The van der Waals surface area contributed by atoms with Crippen LogP contribution in [0.1, 0.15) is 12.2 Å². The number of furan rings is 1. The summed E-state index contributed by atoms with van der Waals surface area (Å²) in [5.41, 5.74) is 0. The normalized spacial score (nSPS) is 9.33. The molecule has 0 fully saturated rings. The van der Waals surface area contributed by atoms with Crippen molar-refractivity contribution in [2.24, 2.45) is 0 Å². The van der Waals surface area contributed by atoms with Crippen molar-refractivity contribution in [3.63, 3.8) is 0 Å². The third kappa shape index (κ3) is 3.60. The molecule has 1 heterocycles. The highest BCUT2D eigenvalue weighted by molar-refractivity contribution is 7.80. The molecular formula is C10H13N3OS. The van der Waals surface area contributed by atoms with Crippen LogP contribution < -0.4 is 5.32 Å². The zero-order valence-electron chi connectivity index (χ0n) is 8.56. The number of hydrogen-bond acceptors (Lipinski definition) is 3. The topological polar surface area (TPSA) is 52.2 Å². The molecule has 80 valence electrons. The Bertz CT molecular complexity index is 342. The molecule has 1 N–H and O–H groups in total.